The average Bonchev–Trinajstić information content (AvgIpc) is 3.18. The van der Waals surface area contributed by atoms with Crippen molar-refractivity contribution in [2.75, 3.05) is 6.26 Å². The van der Waals surface area contributed by atoms with E-state index in [0.29, 0.717) is 11.3 Å². The lowest BCUT2D eigenvalue weighted by Gasteiger charge is -2.10. The topological polar surface area (TPSA) is 64.8 Å². The maximum absolute atomic E-state index is 12.4. The largest absolute Gasteiger partial charge is 0.224 e. The van der Waals surface area contributed by atoms with Gasteiger partial charge in [0.05, 0.1) is 16.8 Å². The van der Waals surface area contributed by atoms with Gasteiger partial charge in [-0.15, -0.1) is 5.10 Å². The van der Waals surface area contributed by atoms with Crippen LogP contribution in [0.4, 0.5) is 0 Å². The molecule has 4 aromatic rings. The molecule has 1 aromatic heterocycles. The van der Waals surface area contributed by atoms with Gasteiger partial charge in [-0.05, 0) is 17.7 Å². The number of sulfone groups is 1. The minimum atomic E-state index is -3.42. The maximum atomic E-state index is 12.4. The fourth-order valence-electron chi connectivity index (χ4n) is 2.95. The van der Waals surface area contributed by atoms with E-state index in [1.54, 1.807) is 16.9 Å². The summed E-state index contributed by atoms with van der Waals surface area (Å²) < 4.78 is 26.4. The molecule has 0 aliphatic carbocycles. The fourth-order valence-corrected chi connectivity index (χ4v) is 3.87. The molecule has 0 aliphatic heterocycles. The van der Waals surface area contributed by atoms with Gasteiger partial charge in [0.2, 0.25) is 0 Å². The summed E-state index contributed by atoms with van der Waals surface area (Å²) in [5.74, 6) is 0. The van der Waals surface area contributed by atoms with Crippen molar-refractivity contribution < 1.29 is 8.42 Å². The standard InChI is InChI=1S/C21H17N3O2S/c1-27(25,26)21-14-18(12-13-19(21)16-8-4-2-5-9-16)24-15-20(22-23-24)17-10-6-3-7-11-17/h2-15H,1H3. The summed E-state index contributed by atoms with van der Waals surface area (Å²) in [6.45, 7) is 0. The summed E-state index contributed by atoms with van der Waals surface area (Å²) in [7, 11) is -3.42. The molecule has 0 saturated heterocycles. The molecule has 134 valence electrons. The monoisotopic (exact) mass is 375 g/mol. The number of hydrogen-bond acceptors (Lipinski definition) is 4. The summed E-state index contributed by atoms with van der Waals surface area (Å²) in [4.78, 5) is 0.267. The molecule has 6 heteroatoms. The van der Waals surface area contributed by atoms with Gasteiger partial charge in [0, 0.05) is 17.4 Å². The second kappa shape index (κ2) is 6.81. The summed E-state index contributed by atoms with van der Waals surface area (Å²) in [6, 6.07) is 24.5. The fraction of sp³-hybridized carbons (Fsp3) is 0.0476. The van der Waals surface area contributed by atoms with E-state index in [1.165, 1.54) is 6.26 Å². The first-order chi connectivity index (χ1) is 13.0. The second-order valence-corrected chi connectivity index (χ2v) is 8.22. The van der Waals surface area contributed by atoms with Crippen LogP contribution in [-0.2, 0) is 9.84 Å². The van der Waals surface area contributed by atoms with Crippen molar-refractivity contribution in [2.45, 2.75) is 4.90 Å². The lowest BCUT2D eigenvalue weighted by molar-refractivity contribution is 0.602. The smallest absolute Gasteiger partial charge is 0.176 e. The number of rotatable bonds is 4. The summed E-state index contributed by atoms with van der Waals surface area (Å²) in [5.41, 5.74) is 3.85. The Kier molecular flexibility index (Phi) is 4.33. The van der Waals surface area contributed by atoms with Crippen LogP contribution in [0.5, 0.6) is 0 Å². The van der Waals surface area contributed by atoms with Crippen LogP contribution >= 0.6 is 0 Å². The predicted molar refractivity (Wildman–Crippen MR) is 105 cm³/mol. The Balaban J connectivity index is 1.81. The van der Waals surface area contributed by atoms with Crippen LogP contribution in [0.3, 0.4) is 0 Å². The minimum Gasteiger partial charge on any atom is -0.224 e. The molecule has 3 aromatic carbocycles. The highest BCUT2D eigenvalue weighted by Crippen LogP contribution is 2.29. The van der Waals surface area contributed by atoms with Gasteiger partial charge in [0.25, 0.3) is 0 Å². The first-order valence-electron chi connectivity index (χ1n) is 8.40. The minimum absolute atomic E-state index is 0.267. The quantitative estimate of drug-likeness (QED) is 0.541. The molecule has 0 amide bonds. The number of nitrogens with zero attached hydrogens (tertiary/aromatic N) is 3. The highest BCUT2D eigenvalue weighted by Gasteiger charge is 2.17. The van der Waals surface area contributed by atoms with E-state index in [2.05, 4.69) is 10.3 Å². The zero-order valence-corrected chi connectivity index (χ0v) is 15.5. The molecular weight excluding hydrogens is 358 g/mol. The lowest BCUT2D eigenvalue weighted by atomic mass is 10.1. The summed E-state index contributed by atoms with van der Waals surface area (Å²) in [6.07, 6.45) is 3.01. The van der Waals surface area contributed by atoms with E-state index in [9.17, 15) is 8.42 Å². The van der Waals surface area contributed by atoms with Gasteiger partial charge in [-0.3, -0.25) is 0 Å². The molecule has 0 saturated carbocycles. The lowest BCUT2D eigenvalue weighted by Crippen LogP contribution is -2.03. The van der Waals surface area contributed by atoms with Crippen molar-refractivity contribution in [3.05, 3.63) is 85.1 Å². The molecule has 0 unspecified atom stereocenters. The van der Waals surface area contributed by atoms with Crippen LogP contribution in [0.1, 0.15) is 0 Å². The van der Waals surface area contributed by atoms with E-state index in [4.69, 9.17) is 0 Å². The van der Waals surface area contributed by atoms with Crippen molar-refractivity contribution in [3.8, 4) is 28.1 Å². The van der Waals surface area contributed by atoms with Gasteiger partial charge in [-0.2, -0.15) is 0 Å². The Morgan fingerprint density at radius 3 is 2.07 bits per heavy atom. The van der Waals surface area contributed by atoms with Gasteiger partial charge < -0.3 is 0 Å². The van der Waals surface area contributed by atoms with Gasteiger partial charge >= 0.3 is 0 Å². The van der Waals surface area contributed by atoms with Crippen molar-refractivity contribution in [1.29, 1.82) is 0 Å². The van der Waals surface area contributed by atoms with Crippen LogP contribution in [0.15, 0.2) is 90.0 Å². The molecule has 0 fully saturated rings. The molecule has 0 aliphatic rings. The predicted octanol–water partition coefficient (Wildman–Crippen LogP) is 4.00. The van der Waals surface area contributed by atoms with Crippen molar-refractivity contribution in [3.63, 3.8) is 0 Å². The van der Waals surface area contributed by atoms with Crippen LogP contribution in [0.25, 0.3) is 28.1 Å². The molecule has 0 bridgehead atoms. The third-order valence-corrected chi connectivity index (χ3v) is 5.41. The van der Waals surface area contributed by atoms with E-state index in [1.807, 2.05) is 72.8 Å². The Morgan fingerprint density at radius 1 is 0.815 bits per heavy atom. The van der Waals surface area contributed by atoms with Gasteiger partial charge in [-0.1, -0.05) is 71.9 Å². The van der Waals surface area contributed by atoms with Crippen LogP contribution in [0.2, 0.25) is 0 Å². The molecule has 0 N–H and O–H groups in total. The first-order valence-corrected chi connectivity index (χ1v) is 10.3. The zero-order chi connectivity index (χ0) is 18.9. The van der Waals surface area contributed by atoms with E-state index >= 15 is 0 Å². The van der Waals surface area contributed by atoms with Crippen molar-refractivity contribution in [1.82, 2.24) is 15.0 Å². The van der Waals surface area contributed by atoms with Gasteiger partial charge in [-0.25, -0.2) is 13.1 Å². The molecule has 5 nitrogen and oxygen atoms in total. The highest BCUT2D eigenvalue weighted by molar-refractivity contribution is 7.90. The maximum Gasteiger partial charge on any atom is 0.176 e. The Morgan fingerprint density at radius 2 is 1.44 bits per heavy atom. The SMILES string of the molecule is CS(=O)(=O)c1cc(-n2cc(-c3ccccc3)nn2)ccc1-c1ccccc1. The normalized spacial score (nSPS) is 11.4. The first kappa shape index (κ1) is 17.2. The number of benzene rings is 3. The zero-order valence-electron chi connectivity index (χ0n) is 14.6. The molecular formula is C21H17N3O2S. The second-order valence-electron chi connectivity index (χ2n) is 6.23. The molecule has 0 radical (unpaired) electrons. The average molecular weight is 375 g/mol. The Hall–Kier alpha value is -3.25. The van der Waals surface area contributed by atoms with E-state index in [-0.39, 0.29) is 4.90 Å². The third-order valence-electron chi connectivity index (χ3n) is 4.28. The van der Waals surface area contributed by atoms with Gasteiger partial charge in [0.15, 0.2) is 9.84 Å². The third kappa shape index (κ3) is 3.52. The van der Waals surface area contributed by atoms with Crippen LogP contribution in [-0.4, -0.2) is 29.7 Å². The number of hydrogen-bond donors (Lipinski definition) is 0. The molecule has 4 rings (SSSR count). The van der Waals surface area contributed by atoms with Gasteiger partial charge in [0.1, 0.15) is 5.69 Å². The van der Waals surface area contributed by atoms with E-state index in [0.717, 1.165) is 16.8 Å². The van der Waals surface area contributed by atoms with Crippen LogP contribution < -0.4 is 0 Å². The van der Waals surface area contributed by atoms with Crippen molar-refractivity contribution >= 4 is 9.84 Å². The highest BCUT2D eigenvalue weighted by atomic mass is 32.2. The molecule has 27 heavy (non-hydrogen) atoms. The Bertz CT molecular complexity index is 1180. The molecule has 0 spiro atoms. The summed E-state index contributed by atoms with van der Waals surface area (Å²) in [5, 5.41) is 8.36. The van der Waals surface area contributed by atoms with E-state index < -0.39 is 9.84 Å². The molecule has 0 atom stereocenters. The molecule has 1 heterocycles. The van der Waals surface area contributed by atoms with Crippen LogP contribution in [0, 0.1) is 0 Å². The van der Waals surface area contributed by atoms with Crippen molar-refractivity contribution in [2.24, 2.45) is 0 Å². The summed E-state index contributed by atoms with van der Waals surface area (Å²) >= 11 is 0. The number of aromatic nitrogens is 3. The Labute approximate surface area is 157 Å².